The van der Waals surface area contributed by atoms with Crippen molar-refractivity contribution < 1.29 is 19.3 Å². The van der Waals surface area contributed by atoms with E-state index in [-0.39, 0.29) is 29.5 Å². The molecule has 1 N–H and O–H groups in total. The van der Waals surface area contributed by atoms with Crippen molar-refractivity contribution in [3.05, 3.63) is 76.3 Å². The number of rotatable bonds is 7. The van der Waals surface area contributed by atoms with Gasteiger partial charge >= 0.3 is 0 Å². The third-order valence-electron chi connectivity index (χ3n) is 6.31. The van der Waals surface area contributed by atoms with Crippen molar-refractivity contribution in [2.75, 3.05) is 44.7 Å². The zero-order valence-electron chi connectivity index (χ0n) is 18.9. The monoisotopic (exact) mass is 462 g/mol. The van der Waals surface area contributed by atoms with Gasteiger partial charge in [-0.25, -0.2) is 5.01 Å². The molecule has 0 bridgehead atoms. The van der Waals surface area contributed by atoms with Crippen molar-refractivity contribution in [3.63, 3.8) is 0 Å². The van der Waals surface area contributed by atoms with E-state index in [1.54, 1.807) is 31.4 Å². The van der Waals surface area contributed by atoms with Gasteiger partial charge in [0.05, 0.1) is 19.3 Å². The van der Waals surface area contributed by atoms with Crippen LogP contribution in [0.15, 0.2) is 48.5 Å². The number of hydrogen-bond donors (Lipinski definition) is 1. The number of ketones is 2. The lowest BCUT2D eigenvalue weighted by Crippen LogP contribution is -2.52. The normalized spacial score (nSPS) is 15.9. The van der Waals surface area contributed by atoms with Gasteiger partial charge < -0.3 is 14.8 Å². The van der Waals surface area contributed by atoms with Crippen LogP contribution in [0.1, 0.15) is 38.5 Å². The highest BCUT2D eigenvalue weighted by Crippen LogP contribution is 2.28. The third kappa shape index (κ3) is 3.91. The predicted molar refractivity (Wildman–Crippen MR) is 124 cm³/mol. The molecule has 0 amide bonds. The zero-order chi connectivity index (χ0) is 23.7. The second kappa shape index (κ2) is 9.24. The van der Waals surface area contributed by atoms with Crippen LogP contribution in [-0.4, -0.2) is 66.2 Å². The maximum absolute atomic E-state index is 13.0. The number of para-hydroxylation sites is 2. The number of nitrogens with zero attached hydrogens (tertiary/aromatic N) is 5. The fourth-order valence-electron chi connectivity index (χ4n) is 4.57. The molecular weight excluding hydrogens is 436 g/mol. The summed E-state index contributed by atoms with van der Waals surface area (Å²) in [4.78, 5) is 28.3. The van der Waals surface area contributed by atoms with Crippen LogP contribution >= 0.6 is 0 Å². The molecule has 2 heterocycles. The van der Waals surface area contributed by atoms with Gasteiger partial charge in [-0.1, -0.05) is 36.4 Å². The van der Waals surface area contributed by atoms with Crippen molar-refractivity contribution in [1.82, 2.24) is 20.2 Å². The van der Waals surface area contributed by atoms with E-state index in [4.69, 9.17) is 4.74 Å². The van der Waals surface area contributed by atoms with Crippen molar-refractivity contribution in [1.29, 1.82) is 0 Å². The van der Waals surface area contributed by atoms with Gasteiger partial charge in [-0.05, 0) is 18.6 Å². The molecule has 34 heavy (non-hydrogen) atoms. The van der Waals surface area contributed by atoms with Gasteiger partial charge in [0.25, 0.3) is 0 Å². The molecule has 10 heteroatoms. The van der Waals surface area contributed by atoms with Crippen LogP contribution in [0.2, 0.25) is 0 Å². The summed E-state index contributed by atoms with van der Waals surface area (Å²) in [6, 6.07) is 14.6. The summed E-state index contributed by atoms with van der Waals surface area (Å²) in [5.74, 6) is 0.140. The summed E-state index contributed by atoms with van der Waals surface area (Å²) in [6.07, 6.45) is 0.598. The number of ether oxygens (including phenoxy) is 1. The second-order valence-electron chi connectivity index (χ2n) is 8.28. The molecule has 2 aromatic carbocycles. The molecule has 1 fully saturated rings. The minimum atomic E-state index is -0.389. The van der Waals surface area contributed by atoms with Crippen LogP contribution in [0.25, 0.3) is 0 Å². The van der Waals surface area contributed by atoms with Gasteiger partial charge in [-0.15, -0.1) is 4.68 Å². The predicted octanol–water partition coefficient (Wildman–Crippen LogP) is 1.02. The highest BCUT2D eigenvalue weighted by molar-refractivity contribution is 6.26. The number of aromatic nitrogens is 3. The van der Waals surface area contributed by atoms with Crippen molar-refractivity contribution in [2.45, 2.75) is 13.0 Å². The molecule has 3 aromatic rings. The van der Waals surface area contributed by atoms with Crippen LogP contribution in [-0.2, 0) is 6.54 Å². The molecule has 5 rings (SSSR count). The molecule has 1 aliphatic carbocycles. The average Bonchev–Trinajstić information content (AvgIpc) is 3.22. The average molecular weight is 463 g/mol. The van der Waals surface area contributed by atoms with Crippen molar-refractivity contribution in [2.24, 2.45) is 0 Å². The fourth-order valence-corrected chi connectivity index (χ4v) is 4.57. The molecule has 10 nitrogen and oxygen atoms in total. The number of carbonyl (C=O) groups excluding carboxylic acids is 2. The molecule has 0 saturated carbocycles. The van der Waals surface area contributed by atoms with Crippen LogP contribution < -0.4 is 20.0 Å². The molecule has 0 atom stereocenters. The quantitative estimate of drug-likeness (QED) is 0.247. The smallest absolute Gasteiger partial charge is 0.220 e. The number of hydrogen-bond acceptors (Lipinski definition) is 8. The molecule has 0 unspecified atom stereocenters. The molecule has 1 aliphatic heterocycles. The number of methoxy groups -OCH3 is 1. The molecular formula is C24H26N6O4. The molecule has 1 aromatic heterocycles. The minimum absolute atomic E-state index is 0.0703. The maximum atomic E-state index is 13.0. The molecule has 1 saturated heterocycles. The third-order valence-corrected chi connectivity index (χ3v) is 6.31. The van der Waals surface area contributed by atoms with Gasteiger partial charge in [0.1, 0.15) is 5.75 Å². The van der Waals surface area contributed by atoms with Crippen molar-refractivity contribution in [3.8, 4) is 5.75 Å². The lowest BCUT2D eigenvalue weighted by Gasteiger charge is -2.36. The summed E-state index contributed by atoms with van der Waals surface area (Å²) in [5, 5.41) is 18.4. The summed E-state index contributed by atoms with van der Waals surface area (Å²) in [5.41, 5.74) is 5.10. The lowest BCUT2D eigenvalue weighted by atomic mass is 9.90. The molecule has 0 radical (unpaired) electrons. The highest BCUT2D eigenvalue weighted by Gasteiger charge is 2.38. The SMILES string of the molecule is COc1ccccc1N1CCN(NCCCn2c3c(n[n+]2[O-])C(=O)c2ccccc2C3=O)CC1. The number of carbonyl (C=O) groups is 2. The van der Waals surface area contributed by atoms with E-state index in [1.165, 1.54) is 4.68 Å². The summed E-state index contributed by atoms with van der Waals surface area (Å²) in [7, 11) is 1.68. The van der Waals surface area contributed by atoms with E-state index >= 15 is 0 Å². The number of fused-ring (bicyclic) bond motifs is 2. The van der Waals surface area contributed by atoms with Gasteiger partial charge in [-0.3, -0.25) is 15.0 Å². The van der Waals surface area contributed by atoms with Crippen molar-refractivity contribution >= 4 is 17.3 Å². The molecule has 176 valence electrons. The van der Waals surface area contributed by atoms with Crippen LogP contribution in [0.3, 0.4) is 0 Å². The Morgan fingerprint density at radius 2 is 1.68 bits per heavy atom. The summed E-state index contributed by atoms with van der Waals surface area (Å²) < 4.78 is 6.73. The van der Waals surface area contributed by atoms with E-state index in [0.717, 1.165) is 37.6 Å². The van der Waals surface area contributed by atoms with E-state index in [1.807, 2.05) is 18.2 Å². The van der Waals surface area contributed by atoms with Gasteiger partial charge in [0, 0.05) is 53.9 Å². The number of anilines is 1. The number of nitrogens with one attached hydrogen (secondary N) is 1. The van der Waals surface area contributed by atoms with Gasteiger partial charge in [-0.2, -0.15) is 0 Å². The van der Waals surface area contributed by atoms with E-state index < -0.39 is 0 Å². The Morgan fingerprint density at radius 1 is 1.00 bits per heavy atom. The maximum Gasteiger partial charge on any atom is 0.220 e. The Kier molecular flexibility index (Phi) is 5.99. The summed E-state index contributed by atoms with van der Waals surface area (Å²) >= 11 is 0. The van der Waals surface area contributed by atoms with Crippen LogP contribution in [0, 0.1) is 5.21 Å². The summed E-state index contributed by atoms with van der Waals surface area (Å²) in [6.45, 7) is 4.30. The molecule has 0 spiro atoms. The highest BCUT2D eigenvalue weighted by atomic mass is 16.5. The minimum Gasteiger partial charge on any atom is -0.571 e. The Morgan fingerprint density at radius 3 is 2.41 bits per heavy atom. The standard InChI is InChI=1S/C24H26N6O4/c1-34-20-10-5-4-9-19(20)27-13-15-28(16-14-27)25-11-6-12-29-22-21(26-30(29)33)23(31)17-7-2-3-8-18(17)24(22)32/h2-5,7-10,25H,6,11-16H2,1H3. The van der Waals surface area contributed by atoms with E-state index in [9.17, 15) is 14.8 Å². The molecule has 2 aliphatic rings. The van der Waals surface area contributed by atoms with E-state index in [0.29, 0.717) is 29.1 Å². The number of benzene rings is 2. The first-order valence-corrected chi connectivity index (χ1v) is 11.3. The Balaban J connectivity index is 1.16. The van der Waals surface area contributed by atoms with Crippen LogP contribution in [0.4, 0.5) is 5.69 Å². The first-order valence-electron chi connectivity index (χ1n) is 11.3. The largest absolute Gasteiger partial charge is 0.571 e. The van der Waals surface area contributed by atoms with Crippen LogP contribution in [0.5, 0.6) is 5.75 Å². The topological polar surface area (TPSA) is 107 Å². The fraction of sp³-hybridized carbons (Fsp3) is 0.333. The van der Waals surface area contributed by atoms with Gasteiger partial charge in [0.15, 0.2) is 5.69 Å². The number of hydrazine groups is 1. The number of piperazine rings is 1. The van der Waals surface area contributed by atoms with Gasteiger partial charge in [0.2, 0.25) is 17.3 Å². The first kappa shape index (κ1) is 22.1. The first-order chi connectivity index (χ1) is 16.6. The Bertz CT molecular complexity index is 1230. The lowest BCUT2D eigenvalue weighted by molar-refractivity contribution is -0.749. The zero-order valence-corrected chi connectivity index (χ0v) is 18.9. The Hall–Kier alpha value is -3.76. The second-order valence-corrected chi connectivity index (χ2v) is 8.28. The Labute approximate surface area is 196 Å². The van der Waals surface area contributed by atoms with E-state index in [2.05, 4.69) is 26.5 Å².